The maximum atomic E-state index is 13.0. The molecule has 0 atom stereocenters. The van der Waals surface area contributed by atoms with Crippen molar-refractivity contribution in [1.29, 1.82) is 0 Å². The zero-order valence-electron chi connectivity index (χ0n) is 18.6. The van der Waals surface area contributed by atoms with E-state index in [4.69, 9.17) is 0 Å². The Morgan fingerprint density at radius 2 is 1.80 bits per heavy atom. The summed E-state index contributed by atoms with van der Waals surface area (Å²) in [4.78, 5) is 37.7. The van der Waals surface area contributed by atoms with Gasteiger partial charge in [-0.15, -0.1) is 0 Å². The topological polar surface area (TPSA) is 105 Å². The minimum absolute atomic E-state index is 0.0891. The summed E-state index contributed by atoms with van der Waals surface area (Å²) < 4.78 is 0.887. The van der Waals surface area contributed by atoms with Crippen LogP contribution in [-0.2, 0) is 16.1 Å². The standard InChI is InChI=1S/C26H21BrN4O4/c27-18-7-5-17(6-8-18)25(24-21-14-20(31(34)35)11-12-22(21)29-26(24)33)28-19-9-3-16(4-10-19)15-30-13-1-2-23(30)32/h3-12,14,28H,1-2,13,15H2,(H,29,33). The Hall–Kier alpha value is -3.98. The molecule has 176 valence electrons. The van der Waals surface area contributed by atoms with Gasteiger partial charge in [-0.25, -0.2) is 0 Å². The maximum Gasteiger partial charge on any atom is 0.270 e. The minimum atomic E-state index is -0.475. The van der Waals surface area contributed by atoms with Crippen molar-refractivity contribution in [2.24, 2.45) is 0 Å². The molecule has 5 rings (SSSR count). The van der Waals surface area contributed by atoms with Crippen LogP contribution in [0.5, 0.6) is 0 Å². The first-order valence-corrected chi connectivity index (χ1v) is 11.9. The third kappa shape index (κ3) is 4.67. The lowest BCUT2D eigenvalue weighted by atomic mass is 9.99. The van der Waals surface area contributed by atoms with Gasteiger partial charge in [0.2, 0.25) is 5.91 Å². The second-order valence-corrected chi connectivity index (χ2v) is 9.35. The van der Waals surface area contributed by atoms with Crippen LogP contribution < -0.4 is 10.6 Å². The summed E-state index contributed by atoms with van der Waals surface area (Å²) in [6.45, 7) is 1.35. The number of nitrogens with zero attached hydrogens (tertiary/aromatic N) is 2. The van der Waals surface area contributed by atoms with Crippen molar-refractivity contribution >= 4 is 56.1 Å². The smallest absolute Gasteiger partial charge is 0.270 e. The molecular formula is C26H21BrN4O4. The number of nitro benzene ring substituents is 1. The molecule has 2 N–H and O–H groups in total. The number of hydrogen-bond donors (Lipinski definition) is 2. The zero-order chi connectivity index (χ0) is 24.5. The highest BCUT2D eigenvalue weighted by atomic mass is 79.9. The van der Waals surface area contributed by atoms with Gasteiger partial charge in [-0.05, 0) is 47.9 Å². The number of nitrogens with one attached hydrogen (secondary N) is 2. The molecule has 0 bridgehead atoms. The van der Waals surface area contributed by atoms with E-state index in [0.717, 1.165) is 34.3 Å². The number of halogens is 1. The summed E-state index contributed by atoms with van der Waals surface area (Å²) in [5.41, 5.74) is 4.30. The monoisotopic (exact) mass is 532 g/mol. The lowest BCUT2D eigenvalue weighted by Crippen LogP contribution is -2.23. The maximum absolute atomic E-state index is 13.0. The van der Waals surface area contributed by atoms with Crippen LogP contribution in [0.15, 0.2) is 71.2 Å². The highest BCUT2D eigenvalue weighted by Crippen LogP contribution is 2.39. The van der Waals surface area contributed by atoms with Gasteiger partial charge < -0.3 is 15.5 Å². The Bertz CT molecular complexity index is 1370. The molecule has 2 amide bonds. The summed E-state index contributed by atoms with van der Waals surface area (Å²) >= 11 is 3.44. The van der Waals surface area contributed by atoms with Crippen LogP contribution in [0.2, 0.25) is 0 Å². The molecule has 2 heterocycles. The van der Waals surface area contributed by atoms with Crippen molar-refractivity contribution in [3.05, 3.63) is 98.0 Å². The van der Waals surface area contributed by atoms with E-state index in [1.54, 1.807) is 6.07 Å². The number of rotatable bonds is 6. The Morgan fingerprint density at radius 3 is 2.46 bits per heavy atom. The molecule has 0 saturated carbocycles. The second kappa shape index (κ2) is 9.34. The number of hydrogen-bond acceptors (Lipinski definition) is 5. The van der Waals surface area contributed by atoms with Gasteiger partial charge in [-0.2, -0.15) is 0 Å². The first-order chi connectivity index (χ1) is 16.9. The molecule has 35 heavy (non-hydrogen) atoms. The number of nitro groups is 1. The first kappa shape index (κ1) is 22.8. The van der Waals surface area contributed by atoms with Crippen molar-refractivity contribution in [1.82, 2.24) is 4.90 Å². The fourth-order valence-corrected chi connectivity index (χ4v) is 4.61. The van der Waals surface area contributed by atoms with Gasteiger partial charge in [0.1, 0.15) is 0 Å². The van der Waals surface area contributed by atoms with Crippen LogP contribution in [0, 0.1) is 10.1 Å². The van der Waals surface area contributed by atoms with Crippen LogP contribution >= 0.6 is 15.9 Å². The summed E-state index contributed by atoms with van der Waals surface area (Å²) in [6, 6.07) is 19.5. The number of fused-ring (bicyclic) bond motifs is 1. The fourth-order valence-electron chi connectivity index (χ4n) is 4.34. The molecule has 0 radical (unpaired) electrons. The van der Waals surface area contributed by atoms with E-state index in [9.17, 15) is 19.7 Å². The Kier molecular flexibility index (Phi) is 6.08. The zero-order valence-corrected chi connectivity index (χ0v) is 20.2. The van der Waals surface area contributed by atoms with Gasteiger partial charge in [0.15, 0.2) is 0 Å². The van der Waals surface area contributed by atoms with Gasteiger partial charge >= 0.3 is 0 Å². The van der Waals surface area contributed by atoms with Gasteiger partial charge in [0.25, 0.3) is 11.6 Å². The number of likely N-dealkylation sites (tertiary alicyclic amines) is 1. The summed E-state index contributed by atoms with van der Waals surface area (Å²) in [5, 5.41) is 17.5. The third-order valence-corrected chi connectivity index (χ3v) is 6.64. The number of amides is 2. The molecule has 3 aromatic rings. The van der Waals surface area contributed by atoms with Crippen LogP contribution in [-0.4, -0.2) is 28.2 Å². The van der Waals surface area contributed by atoms with E-state index in [1.807, 2.05) is 53.4 Å². The van der Waals surface area contributed by atoms with E-state index >= 15 is 0 Å². The molecule has 1 saturated heterocycles. The molecule has 0 aliphatic carbocycles. The van der Waals surface area contributed by atoms with E-state index in [1.165, 1.54) is 12.1 Å². The molecule has 3 aromatic carbocycles. The molecule has 8 nitrogen and oxygen atoms in total. The summed E-state index contributed by atoms with van der Waals surface area (Å²) in [6.07, 6.45) is 1.50. The molecule has 0 spiro atoms. The number of carbonyl (C=O) groups is 2. The molecule has 9 heteroatoms. The molecule has 2 aliphatic heterocycles. The van der Waals surface area contributed by atoms with E-state index < -0.39 is 4.92 Å². The summed E-state index contributed by atoms with van der Waals surface area (Å²) in [5.74, 6) is -0.162. The lowest BCUT2D eigenvalue weighted by Gasteiger charge is -2.17. The van der Waals surface area contributed by atoms with E-state index in [2.05, 4.69) is 26.6 Å². The molecule has 2 aliphatic rings. The van der Waals surface area contributed by atoms with Crippen LogP contribution in [0.1, 0.15) is 29.5 Å². The van der Waals surface area contributed by atoms with Crippen molar-refractivity contribution in [3.8, 4) is 0 Å². The van der Waals surface area contributed by atoms with Crippen molar-refractivity contribution in [2.45, 2.75) is 19.4 Å². The number of non-ortho nitro benzene ring substituents is 1. The largest absolute Gasteiger partial charge is 0.354 e. The van der Waals surface area contributed by atoms with Crippen LogP contribution in [0.3, 0.4) is 0 Å². The van der Waals surface area contributed by atoms with Crippen molar-refractivity contribution in [3.63, 3.8) is 0 Å². The van der Waals surface area contributed by atoms with Crippen LogP contribution in [0.4, 0.5) is 17.1 Å². The van der Waals surface area contributed by atoms with Gasteiger partial charge in [0, 0.05) is 53.1 Å². The SMILES string of the molecule is O=C1Nc2ccc([N+](=O)[O-])cc2C1=C(Nc1ccc(CN2CCCC2=O)cc1)c1ccc(Br)cc1. The van der Waals surface area contributed by atoms with Crippen molar-refractivity contribution < 1.29 is 14.5 Å². The first-order valence-electron chi connectivity index (χ1n) is 11.1. The van der Waals surface area contributed by atoms with Gasteiger partial charge in [0.05, 0.1) is 16.2 Å². The normalized spacial score (nSPS) is 16.2. The molecule has 0 unspecified atom stereocenters. The quantitative estimate of drug-likeness (QED) is 0.251. The highest BCUT2D eigenvalue weighted by Gasteiger charge is 2.30. The lowest BCUT2D eigenvalue weighted by molar-refractivity contribution is -0.384. The van der Waals surface area contributed by atoms with Gasteiger partial charge in [-0.1, -0.05) is 40.2 Å². The van der Waals surface area contributed by atoms with Crippen LogP contribution in [0.25, 0.3) is 11.3 Å². The second-order valence-electron chi connectivity index (χ2n) is 8.44. The average molecular weight is 533 g/mol. The Morgan fingerprint density at radius 1 is 1.06 bits per heavy atom. The number of carbonyl (C=O) groups excluding carboxylic acids is 2. The number of benzene rings is 3. The number of anilines is 2. The summed E-state index contributed by atoms with van der Waals surface area (Å²) in [7, 11) is 0. The predicted molar refractivity (Wildman–Crippen MR) is 137 cm³/mol. The third-order valence-electron chi connectivity index (χ3n) is 6.11. The predicted octanol–water partition coefficient (Wildman–Crippen LogP) is 5.41. The highest BCUT2D eigenvalue weighted by molar-refractivity contribution is 9.10. The molecular weight excluding hydrogens is 512 g/mol. The molecule has 0 aromatic heterocycles. The minimum Gasteiger partial charge on any atom is -0.354 e. The van der Waals surface area contributed by atoms with Gasteiger partial charge in [-0.3, -0.25) is 19.7 Å². The average Bonchev–Trinajstić information content (AvgIpc) is 3.40. The molecule has 1 fully saturated rings. The van der Waals surface area contributed by atoms with Crippen molar-refractivity contribution in [2.75, 3.05) is 17.2 Å². The van der Waals surface area contributed by atoms with E-state index in [0.29, 0.717) is 35.5 Å². The Labute approximate surface area is 209 Å². The Balaban J connectivity index is 1.53. The fraction of sp³-hybridized carbons (Fsp3) is 0.154. The van der Waals surface area contributed by atoms with E-state index in [-0.39, 0.29) is 17.5 Å².